The zero-order valence-corrected chi connectivity index (χ0v) is 12.7. The van der Waals surface area contributed by atoms with E-state index in [1.54, 1.807) is 11.8 Å². The summed E-state index contributed by atoms with van der Waals surface area (Å²) in [5, 5.41) is 2.55. The maximum Gasteiger partial charge on any atom is 0.269 e. The number of hydrazine groups is 1. The number of aromatic nitrogens is 1. The third-order valence-corrected chi connectivity index (χ3v) is 3.19. The van der Waals surface area contributed by atoms with Crippen molar-refractivity contribution in [3.8, 4) is 0 Å². The molecule has 114 valence electrons. The normalized spacial score (nSPS) is 11.3. The van der Waals surface area contributed by atoms with Crippen molar-refractivity contribution in [2.75, 3.05) is 12.0 Å². The van der Waals surface area contributed by atoms with E-state index in [0.29, 0.717) is 12.0 Å². The third kappa shape index (κ3) is 6.26. The highest BCUT2D eigenvalue weighted by atomic mass is 32.2. The van der Waals surface area contributed by atoms with E-state index in [4.69, 9.17) is 0 Å². The van der Waals surface area contributed by atoms with Gasteiger partial charge in [-0.1, -0.05) is 0 Å². The third-order valence-electron chi connectivity index (χ3n) is 2.55. The number of hydrogen-bond donors (Lipinski definition) is 3. The molecular weight excluding hydrogens is 292 g/mol. The maximum absolute atomic E-state index is 12.0. The Kier molecular flexibility index (Phi) is 7.24. The summed E-state index contributed by atoms with van der Waals surface area (Å²) in [4.78, 5) is 38.6. The van der Waals surface area contributed by atoms with Crippen molar-refractivity contribution in [1.29, 1.82) is 0 Å². The molecule has 0 saturated heterocycles. The topological polar surface area (TPSA) is 100 Å². The zero-order valence-electron chi connectivity index (χ0n) is 11.9. The highest BCUT2D eigenvalue weighted by Gasteiger charge is 2.19. The van der Waals surface area contributed by atoms with Crippen LogP contribution in [0.25, 0.3) is 0 Å². The van der Waals surface area contributed by atoms with Crippen molar-refractivity contribution in [2.45, 2.75) is 19.4 Å². The lowest BCUT2D eigenvalue weighted by Crippen LogP contribution is -2.52. The standard InChI is InChI=1S/C13H18N4O3S/c1-9(18)15-11(5-8-21-2)13(20)17-16-12(19)10-3-6-14-7-4-10/h3-4,6-7,11H,5,8H2,1-2H3,(H,15,18)(H,16,19)(H,17,20)/t11-/m1/s1. The number of rotatable bonds is 6. The van der Waals surface area contributed by atoms with Crippen LogP contribution in [0.2, 0.25) is 0 Å². The van der Waals surface area contributed by atoms with Crippen LogP contribution in [0, 0.1) is 0 Å². The lowest BCUT2D eigenvalue weighted by Gasteiger charge is -2.17. The Morgan fingerprint density at radius 2 is 1.90 bits per heavy atom. The van der Waals surface area contributed by atoms with Gasteiger partial charge in [-0.05, 0) is 30.6 Å². The summed E-state index contributed by atoms with van der Waals surface area (Å²) in [6.07, 6.45) is 5.36. The van der Waals surface area contributed by atoms with E-state index in [9.17, 15) is 14.4 Å². The minimum Gasteiger partial charge on any atom is -0.344 e. The van der Waals surface area contributed by atoms with Gasteiger partial charge in [-0.15, -0.1) is 0 Å². The minimum atomic E-state index is -0.673. The minimum absolute atomic E-state index is 0.295. The molecule has 1 rings (SSSR count). The largest absolute Gasteiger partial charge is 0.344 e. The smallest absolute Gasteiger partial charge is 0.269 e. The zero-order chi connectivity index (χ0) is 15.7. The molecule has 8 heteroatoms. The van der Waals surface area contributed by atoms with Gasteiger partial charge in [0.15, 0.2) is 0 Å². The van der Waals surface area contributed by atoms with E-state index in [-0.39, 0.29) is 5.91 Å². The fourth-order valence-electron chi connectivity index (χ4n) is 1.53. The van der Waals surface area contributed by atoms with E-state index in [0.717, 1.165) is 5.75 Å². The first-order valence-corrected chi connectivity index (χ1v) is 7.70. The number of amides is 3. The molecule has 1 atom stereocenters. The Morgan fingerprint density at radius 3 is 2.48 bits per heavy atom. The van der Waals surface area contributed by atoms with Crippen LogP contribution in [0.4, 0.5) is 0 Å². The number of hydrogen-bond acceptors (Lipinski definition) is 5. The van der Waals surface area contributed by atoms with Gasteiger partial charge in [0.2, 0.25) is 5.91 Å². The van der Waals surface area contributed by atoms with Gasteiger partial charge in [-0.2, -0.15) is 11.8 Å². The predicted octanol–water partition coefficient (Wildman–Crippen LogP) is 0.100. The van der Waals surface area contributed by atoms with Crippen molar-refractivity contribution in [2.24, 2.45) is 0 Å². The second-order valence-corrected chi connectivity index (χ2v) is 5.20. The second-order valence-electron chi connectivity index (χ2n) is 4.21. The molecule has 0 aliphatic carbocycles. The van der Waals surface area contributed by atoms with Crippen LogP contribution >= 0.6 is 11.8 Å². The molecule has 0 bridgehead atoms. The summed E-state index contributed by atoms with van der Waals surface area (Å²) in [6.45, 7) is 1.34. The molecule has 0 saturated carbocycles. The van der Waals surface area contributed by atoms with E-state index in [1.807, 2.05) is 6.26 Å². The molecule has 0 spiro atoms. The monoisotopic (exact) mass is 310 g/mol. The average Bonchev–Trinajstić information content (AvgIpc) is 2.49. The van der Waals surface area contributed by atoms with Gasteiger partial charge in [0, 0.05) is 24.9 Å². The van der Waals surface area contributed by atoms with Crippen LogP contribution in [0.1, 0.15) is 23.7 Å². The van der Waals surface area contributed by atoms with Crippen LogP contribution in [0.3, 0.4) is 0 Å². The molecule has 0 radical (unpaired) electrons. The molecule has 7 nitrogen and oxygen atoms in total. The first-order chi connectivity index (χ1) is 10.0. The van der Waals surface area contributed by atoms with E-state index in [2.05, 4.69) is 21.2 Å². The fourth-order valence-corrected chi connectivity index (χ4v) is 2.00. The molecule has 0 aliphatic heterocycles. The SMILES string of the molecule is CSCC[C@@H](NC(C)=O)C(=O)NNC(=O)c1ccncc1. The van der Waals surface area contributed by atoms with Gasteiger partial charge in [-0.25, -0.2) is 0 Å². The van der Waals surface area contributed by atoms with Crippen molar-refractivity contribution in [3.63, 3.8) is 0 Å². The van der Waals surface area contributed by atoms with Crippen molar-refractivity contribution in [1.82, 2.24) is 21.2 Å². The number of nitrogens with zero attached hydrogens (tertiary/aromatic N) is 1. The van der Waals surface area contributed by atoms with Crippen molar-refractivity contribution >= 4 is 29.5 Å². The molecule has 0 unspecified atom stereocenters. The van der Waals surface area contributed by atoms with Gasteiger partial charge in [0.05, 0.1) is 0 Å². The Bertz CT molecular complexity index is 495. The van der Waals surface area contributed by atoms with E-state index < -0.39 is 17.9 Å². The fraction of sp³-hybridized carbons (Fsp3) is 0.385. The van der Waals surface area contributed by atoms with Crippen LogP contribution in [-0.2, 0) is 9.59 Å². The summed E-state index contributed by atoms with van der Waals surface area (Å²) in [5.74, 6) is -0.480. The summed E-state index contributed by atoms with van der Waals surface area (Å²) in [6, 6.07) is 2.38. The summed E-state index contributed by atoms with van der Waals surface area (Å²) < 4.78 is 0. The predicted molar refractivity (Wildman–Crippen MR) is 80.4 cm³/mol. The number of thioether (sulfide) groups is 1. The lowest BCUT2D eigenvalue weighted by molar-refractivity contribution is -0.128. The van der Waals surface area contributed by atoms with E-state index in [1.165, 1.54) is 31.5 Å². The molecule has 21 heavy (non-hydrogen) atoms. The molecule has 0 aliphatic rings. The second kappa shape index (κ2) is 8.96. The van der Waals surface area contributed by atoms with Crippen LogP contribution in [0.5, 0.6) is 0 Å². The molecule has 1 heterocycles. The van der Waals surface area contributed by atoms with Gasteiger partial charge < -0.3 is 5.32 Å². The van der Waals surface area contributed by atoms with E-state index >= 15 is 0 Å². The maximum atomic E-state index is 12.0. The van der Waals surface area contributed by atoms with Gasteiger partial charge in [-0.3, -0.25) is 30.2 Å². The highest BCUT2D eigenvalue weighted by molar-refractivity contribution is 7.98. The molecule has 1 aromatic heterocycles. The Morgan fingerprint density at radius 1 is 1.24 bits per heavy atom. The summed E-state index contributed by atoms with van der Waals surface area (Å²) >= 11 is 1.57. The molecule has 3 N–H and O–H groups in total. The summed E-state index contributed by atoms with van der Waals surface area (Å²) in [7, 11) is 0. The number of pyridine rings is 1. The van der Waals surface area contributed by atoms with Crippen molar-refractivity contribution in [3.05, 3.63) is 30.1 Å². The quantitative estimate of drug-likeness (QED) is 0.647. The summed E-state index contributed by atoms with van der Waals surface area (Å²) in [5.41, 5.74) is 5.00. The lowest BCUT2D eigenvalue weighted by atomic mass is 10.2. The van der Waals surface area contributed by atoms with Gasteiger partial charge >= 0.3 is 0 Å². The van der Waals surface area contributed by atoms with Gasteiger partial charge in [0.25, 0.3) is 11.8 Å². The van der Waals surface area contributed by atoms with Crippen molar-refractivity contribution < 1.29 is 14.4 Å². The first kappa shape index (κ1) is 17.0. The van der Waals surface area contributed by atoms with Crippen LogP contribution in [0.15, 0.2) is 24.5 Å². The Hall–Kier alpha value is -2.09. The molecular formula is C13H18N4O3S. The average molecular weight is 310 g/mol. The molecule has 3 amide bonds. The molecule has 0 fully saturated rings. The van der Waals surface area contributed by atoms with Crippen LogP contribution < -0.4 is 16.2 Å². The Labute approximate surface area is 127 Å². The number of carbonyl (C=O) groups excluding carboxylic acids is 3. The molecule has 0 aromatic carbocycles. The first-order valence-electron chi connectivity index (χ1n) is 6.31. The highest BCUT2D eigenvalue weighted by Crippen LogP contribution is 2.01. The van der Waals surface area contributed by atoms with Gasteiger partial charge in [0.1, 0.15) is 6.04 Å². The Balaban J connectivity index is 2.52. The molecule has 1 aromatic rings. The number of carbonyl (C=O) groups is 3. The number of nitrogens with one attached hydrogen (secondary N) is 3. The van der Waals surface area contributed by atoms with Crippen LogP contribution in [-0.4, -0.2) is 40.8 Å².